The third kappa shape index (κ3) is 6.47. The van der Waals surface area contributed by atoms with E-state index in [4.69, 9.17) is 4.74 Å². The molecule has 2 aromatic rings. The quantitative estimate of drug-likeness (QED) is 0.510. The van der Waals surface area contributed by atoms with Crippen LogP contribution in [0, 0.1) is 0 Å². The van der Waals surface area contributed by atoms with Crippen LogP contribution in [-0.4, -0.2) is 31.3 Å². The van der Waals surface area contributed by atoms with Gasteiger partial charge in [-0.2, -0.15) is 0 Å². The van der Waals surface area contributed by atoms with Crippen molar-refractivity contribution in [2.24, 2.45) is 4.99 Å². The molecule has 134 valence electrons. The molecule has 0 amide bonds. The second-order valence-electron chi connectivity index (χ2n) is 5.69. The first-order valence-corrected chi connectivity index (χ1v) is 8.61. The standard InChI is InChI=1S/C20H27N3O2/c1-3-21-20(23-15-16-8-7-11-18(14-16)25-2)22-13-12-19(24)17-9-5-4-6-10-17/h4-11,14,19,24H,3,12-13,15H2,1-2H3,(H2,21,22,23). The fourth-order valence-electron chi connectivity index (χ4n) is 2.45. The van der Waals surface area contributed by atoms with Gasteiger partial charge in [0.05, 0.1) is 19.8 Å². The fourth-order valence-corrected chi connectivity index (χ4v) is 2.45. The number of hydrogen-bond acceptors (Lipinski definition) is 3. The van der Waals surface area contributed by atoms with Crippen molar-refractivity contribution in [2.45, 2.75) is 26.0 Å². The van der Waals surface area contributed by atoms with Crippen molar-refractivity contribution in [1.29, 1.82) is 0 Å². The van der Waals surface area contributed by atoms with Crippen molar-refractivity contribution in [3.05, 3.63) is 65.7 Å². The summed E-state index contributed by atoms with van der Waals surface area (Å²) in [5.41, 5.74) is 2.02. The second-order valence-corrected chi connectivity index (χ2v) is 5.69. The Morgan fingerprint density at radius 1 is 1.12 bits per heavy atom. The molecule has 0 spiro atoms. The number of hydrogen-bond donors (Lipinski definition) is 3. The van der Waals surface area contributed by atoms with Crippen molar-refractivity contribution in [1.82, 2.24) is 10.6 Å². The van der Waals surface area contributed by atoms with E-state index in [2.05, 4.69) is 15.6 Å². The molecule has 0 aliphatic rings. The van der Waals surface area contributed by atoms with Gasteiger partial charge in [-0.05, 0) is 36.6 Å². The number of aliphatic hydroxyl groups is 1. The van der Waals surface area contributed by atoms with Crippen molar-refractivity contribution in [3.8, 4) is 5.75 Å². The van der Waals surface area contributed by atoms with Gasteiger partial charge in [0.15, 0.2) is 5.96 Å². The first kappa shape index (κ1) is 18.8. The fraction of sp³-hybridized carbons (Fsp3) is 0.350. The first-order valence-electron chi connectivity index (χ1n) is 8.61. The van der Waals surface area contributed by atoms with Gasteiger partial charge in [-0.15, -0.1) is 0 Å². The number of ether oxygens (including phenoxy) is 1. The molecule has 0 aliphatic heterocycles. The van der Waals surface area contributed by atoms with Crippen LogP contribution in [0.15, 0.2) is 59.6 Å². The minimum absolute atomic E-state index is 0.477. The summed E-state index contributed by atoms with van der Waals surface area (Å²) in [7, 11) is 1.66. The summed E-state index contributed by atoms with van der Waals surface area (Å²) in [6.07, 6.45) is 0.142. The average Bonchev–Trinajstić information content (AvgIpc) is 2.66. The molecule has 2 rings (SSSR count). The highest BCUT2D eigenvalue weighted by atomic mass is 16.5. The van der Waals surface area contributed by atoms with E-state index >= 15 is 0 Å². The maximum Gasteiger partial charge on any atom is 0.191 e. The Morgan fingerprint density at radius 3 is 2.64 bits per heavy atom. The van der Waals surface area contributed by atoms with Gasteiger partial charge < -0.3 is 20.5 Å². The Labute approximate surface area is 149 Å². The monoisotopic (exact) mass is 341 g/mol. The summed E-state index contributed by atoms with van der Waals surface area (Å²) in [6, 6.07) is 17.6. The summed E-state index contributed by atoms with van der Waals surface area (Å²) in [5, 5.41) is 16.7. The molecule has 25 heavy (non-hydrogen) atoms. The van der Waals surface area contributed by atoms with Gasteiger partial charge in [0.2, 0.25) is 0 Å². The maximum atomic E-state index is 10.2. The predicted molar refractivity (Wildman–Crippen MR) is 102 cm³/mol. The number of aliphatic hydroxyl groups excluding tert-OH is 1. The van der Waals surface area contributed by atoms with Crippen LogP contribution < -0.4 is 15.4 Å². The highest BCUT2D eigenvalue weighted by Gasteiger charge is 2.07. The van der Waals surface area contributed by atoms with E-state index in [0.717, 1.165) is 29.4 Å². The SMILES string of the molecule is CCNC(=NCc1cccc(OC)c1)NCCC(O)c1ccccc1. The van der Waals surface area contributed by atoms with Crippen molar-refractivity contribution in [2.75, 3.05) is 20.2 Å². The molecule has 5 nitrogen and oxygen atoms in total. The van der Waals surface area contributed by atoms with Gasteiger partial charge in [-0.1, -0.05) is 42.5 Å². The van der Waals surface area contributed by atoms with Gasteiger partial charge in [-0.3, -0.25) is 0 Å². The summed E-state index contributed by atoms with van der Waals surface area (Å²) in [5.74, 6) is 1.57. The highest BCUT2D eigenvalue weighted by Crippen LogP contribution is 2.15. The van der Waals surface area contributed by atoms with Crippen molar-refractivity contribution < 1.29 is 9.84 Å². The highest BCUT2D eigenvalue weighted by molar-refractivity contribution is 5.79. The number of methoxy groups -OCH3 is 1. The molecule has 2 aromatic carbocycles. The van der Waals surface area contributed by atoms with Gasteiger partial charge in [0, 0.05) is 13.1 Å². The smallest absolute Gasteiger partial charge is 0.191 e. The second kappa shape index (κ2) is 10.4. The van der Waals surface area contributed by atoms with Gasteiger partial charge >= 0.3 is 0 Å². The molecule has 0 saturated heterocycles. The molecule has 0 fully saturated rings. The number of guanidine groups is 1. The van der Waals surface area contributed by atoms with E-state index in [1.54, 1.807) is 7.11 Å². The Bertz CT molecular complexity index is 659. The number of aliphatic imine (C=N–C) groups is 1. The van der Waals surface area contributed by atoms with E-state index in [-0.39, 0.29) is 0 Å². The summed E-state index contributed by atoms with van der Waals surface area (Å²) in [6.45, 7) is 4.01. The molecule has 0 aliphatic carbocycles. The lowest BCUT2D eigenvalue weighted by Gasteiger charge is -2.14. The van der Waals surface area contributed by atoms with Crippen LogP contribution in [0.5, 0.6) is 5.75 Å². The third-order valence-electron chi connectivity index (χ3n) is 3.79. The van der Waals surface area contributed by atoms with Crippen LogP contribution in [0.2, 0.25) is 0 Å². The van der Waals surface area contributed by atoms with Crippen LogP contribution in [0.4, 0.5) is 0 Å². The number of benzene rings is 2. The van der Waals surface area contributed by atoms with E-state index in [0.29, 0.717) is 19.5 Å². The Morgan fingerprint density at radius 2 is 1.92 bits per heavy atom. The molecule has 0 heterocycles. The van der Waals surface area contributed by atoms with E-state index in [1.165, 1.54) is 0 Å². The average molecular weight is 341 g/mol. The molecular weight excluding hydrogens is 314 g/mol. The zero-order valence-electron chi connectivity index (χ0n) is 14.9. The van der Waals surface area contributed by atoms with Crippen LogP contribution in [0.1, 0.15) is 30.6 Å². The molecule has 1 unspecified atom stereocenters. The van der Waals surface area contributed by atoms with E-state index < -0.39 is 6.10 Å². The normalized spacial score (nSPS) is 12.5. The summed E-state index contributed by atoms with van der Waals surface area (Å²) in [4.78, 5) is 4.59. The summed E-state index contributed by atoms with van der Waals surface area (Å²) < 4.78 is 5.23. The van der Waals surface area contributed by atoms with Crippen LogP contribution in [0.3, 0.4) is 0 Å². The first-order chi connectivity index (χ1) is 12.2. The predicted octanol–water partition coefficient (Wildman–Crippen LogP) is 2.87. The minimum Gasteiger partial charge on any atom is -0.497 e. The lowest BCUT2D eigenvalue weighted by atomic mass is 10.1. The Balaban J connectivity index is 1.87. The topological polar surface area (TPSA) is 65.9 Å². The zero-order chi connectivity index (χ0) is 17.9. The van der Waals surface area contributed by atoms with Gasteiger partial charge in [-0.25, -0.2) is 4.99 Å². The molecule has 3 N–H and O–H groups in total. The van der Waals surface area contributed by atoms with Crippen LogP contribution in [-0.2, 0) is 6.54 Å². The van der Waals surface area contributed by atoms with Crippen molar-refractivity contribution in [3.63, 3.8) is 0 Å². The van der Waals surface area contributed by atoms with Gasteiger partial charge in [0.25, 0.3) is 0 Å². The molecule has 0 bridgehead atoms. The molecule has 1 atom stereocenters. The number of nitrogens with zero attached hydrogens (tertiary/aromatic N) is 1. The van der Waals surface area contributed by atoms with Crippen LogP contribution in [0.25, 0.3) is 0 Å². The molecular formula is C20H27N3O2. The largest absolute Gasteiger partial charge is 0.497 e. The number of nitrogens with one attached hydrogen (secondary N) is 2. The molecule has 5 heteroatoms. The Kier molecular flexibility index (Phi) is 7.79. The Hall–Kier alpha value is -2.53. The number of rotatable bonds is 8. The third-order valence-corrected chi connectivity index (χ3v) is 3.79. The van der Waals surface area contributed by atoms with E-state index in [1.807, 2.05) is 61.5 Å². The molecule has 0 saturated carbocycles. The minimum atomic E-state index is -0.477. The zero-order valence-corrected chi connectivity index (χ0v) is 14.9. The molecule has 0 radical (unpaired) electrons. The maximum absolute atomic E-state index is 10.2. The lowest BCUT2D eigenvalue weighted by Crippen LogP contribution is -2.38. The van der Waals surface area contributed by atoms with Gasteiger partial charge in [0.1, 0.15) is 5.75 Å². The summed E-state index contributed by atoms with van der Waals surface area (Å²) >= 11 is 0. The van der Waals surface area contributed by atoms with Crippen LogP contribution >= 0.6 is 0 Å². The lowest BCUT2D eigenvalue weighted by molar-refractivity contribution is 0.168. The van der Waals surface area contributed by atoms with E-state index in [9.17, 15) is 5.11 Å². The molecule has 0 aromatic heterocycles. The van der Waals surface area contributed by atoms with Crippen molar-refractivity contribution >= 4 is 5.96 Å².